The third-order valence-corrected chi connectivity index (χ3v) is 4.24. The van der Waals surface area contributed by atoms with Crippen LogP contribution in [0, 0.1) is 6.92 Å². The number of fused-ring (bicyclic) bond motifs is 1. The maximum Gasteiger partial charge on any atom is 0.224 e. The summed E-state index contributed by atoms with van der Waals surface area (Å²) in [4.78, 5) is 12.1. The number of anilines is 1. The highest BCUT2D eigenvalue weighted by Crippen LogP contribution is 2.19. The number of aromatic nitrogens is 1. The van der Waals surface area contributed by atoms with Gasteiger partial charge in [-0.15, -0.1) is 0 Å². The minimum atomic E-state index is 0.0607. The van der Waals surface area contributed by atoms with Gasteiger partial charge >= 0.3 is 0 Å². The van der Waals surface area contributed by atoms with Gasteiger partial charge in [0, 0.05) is 30.4 Å². The van der Waals surface area contributed by atoms with Crippen LogP contribution in [0.3, 0.4) is 0 Å². The van der Waals surface area contributed by atoms with Gasteiger partial charge < -0.3 is 9.88 Å². The fraction of sp³-hybridized carbons (Fsp3) is 0.250. The number of nitrogens with zero attached hydrogens (tertiary/aromatic N) is 1. The first-order valence-corrected chi connectivity index (χ1v) is 8.10. The van der Waals surface area contributed by atoms with Crippen LogP contribution in [0.25, 0.3) is 10.9 Å². The molecule has 118 valence electrons. The lowest BCUT2D eigenvalue weighted by Gasteiger charge is -2.08. The van der Waals surface area contributed by atoms with E-state index < -0.39 is 0 Å². The average Bonchev–Trinajstić information content (AvgIpc) is 2.97. The van der Waals surface area contributed by atoms with Crippen LogP contribution in [0.5, 0.6) is 0 Å². The van der Waals surface area contributed by atoms with Crippen molar-refractivity contribution in [2.24, 2.45) is 0 Å². The molecule has 0 fully saturated rings. The molecule has 0 unspecified atom stereocenters. The number of aryl methyl sites for hydroxylation is 3. The molecule has 1 N–H and O–H groups in total. The Kier molecular flexibility index (Phi) is 4.47. The number of rotatable bonds is 5. The quantitative estimate of drug-likeness (QED) is 0.737. The average molecular weight is 306 g/mol. The number of para-hydroxylation sites is 1. The molecule has 3 heteroatoms. The van der Waals surface area contributed by atoms with Crippen molar-refractivity contribution in [3.05, 3.63) is 65.9 Å². The Morgan fingerprint density at radius 2 is 1.96 bits per heavy atom. The van der Waals surface area contributed by atoms with Crippen molar-refractivity contribution in [3.8, 4) is 0 Å². The van der Waals surface area contributed by atoms with Crippen molar-refractivity contribution >= 4 is 22.5 Å². The Bertz CT molecular complexity index is 833. The molecule has 1 aromatic heterocycles. The van der Waals surface area contributed by atoms with Gasteiger partial charge in [0.2, 0.25) is 5.91 Å². The van der Waals surface area contributed by atoms with E-state index in [1.807, 2.05) is 31.2 Å². The number of nitrogens with one attached hydrogen (secondary N) is 1. The fourth-order valence-electron chi connectivity index (χ4n) is 2.86. The molecular formula is C20H22N2O. The molecule has 0 bridgehead atoms. The van der Waals surface area contributed by atoms with Crippen LogP contribution in [-0.4, -0.2) is 10.5 Å². The summed E-state index contributed by atoms with van der Waals surface area (Å²) in [5.74, 6) is 0.0607. The molecule has 3 nitrogen and oxygen atoms in total. The van der Waals surface area contributed by atoms with Gasteiger partial charge in [-0.3, -0.25) is 4.79 Å². The minimum absolute atomic E-state index is 0.0607. The van der Waals surface area contributed by atoms with Gasteiger partial charge in [0.15, 0.2) is 0 Å². The van der Waals surface area contributed by atoms with Gasteiger partial charge in [-0.2, -0.15) is 0 Å². The summed E-state index contributed by atoms with van der Waals surface area (Å²) in [5, 5.41) is 4.23. The molecule has 23 heavy (non-hydrogen) atoms. The molecule has 1 heterocycles. The third-order valence-electron chi connectivity index (χ3n) is 4.24. The molecule has 0 atom stereocenters. The zero-order chi connectivity index (χ0) is 16.2. The highest BCUT2D eigenvalue weighted by atomic mass is 16.1. The molecule has 2 aromatic carbocycles. The van der Waals surface area contributed by atoms with E-state index >= 15 is 0 Å². The van der Waals surface area contributed by atoms with E-state index in [-0.39, 0.29) is 5.91 Å². The summed E-state index contributed by atoms with van der Waals surface area (Å²) in [6.45, 7) is 5.12. The Labute approximate surface area is 136 Å². The lowest BCUT2D eigenvalue weighted by Crippen LogP contribution is -2.13. The van der Waals surface area contributed by atoms with Crippen LogP contribution in [0.2, 0.25) is 0 Å². The van der Waals surface area contributed by atoms with E-state index in [4.69, 9.17) is 0 Å². The van der Waals surface area contributed by atoms with E-state index in [9.17, 15) is 4.79 Å². The van der Waals surface area contributed by atoms with Crippen molar-refractivity contribution in [1.82, 2.24) is 4.57 Å². The molecule has 0 saturated heterocycles. The number of hydrogen-bond acceptors (Lipinski definition) is 1. The zero-order valence-electron chi connectivity index (χ0n) is 13.7. The Morgan fingerprint density at radius 1 is 1.13 bits per heavy atom. The molecule has 3 aromatic rings. The first kappa shape index (κ1) is 15.3. The van der Waals surface area contributed by atoms with Gasteiger partial charge in [-0.1, -0.05) is 24.3 Å². The summed E-state index contributed by atoms with van der Waals surface area (Å²) >= 11 is 0. The van der Waals surface area contributed by atoms with Crippen LogP contribution in [-0.2, 0) is 17.8 Å². The van der Waals surface area contributed by atoms with Crippen molar-refractivity contribution in [1.29, 1.82) is 0 Å². The molecule has 0 aliphatic rings. The van der Waals surface area contributed by atoms with Crippen molar-refractivity contribution < 1.29 is 4.79 Å². The fourth-order valence-corrected chi connectivity index (χ4v) is 2.86. The second kappa shape index (κ2) is 6.69. The van der Waals surface area contributed by atoms with Crippen LogP contribution in [0.4, 0.5) is 5.69 Å². The first-order chi connectivity index (χ1) is 11.2. The lowest BCUT2D eigenvalue weighted by molar-refractivity contribution is -0.116. The summed E-state index contributed by atoms with van der Waals surface area (Å²) in [6, 6.07) is 16.4. The van der Waals surface area contributed by atoms with Gasteiger partial charge in [0.05, 0.1) is 0 Å². The monoisotopic (exact) mass is 306 g/mol. The van der Waals surface area contributed by atoms with Gasteiger partial charge in [-0.05, 0) is 61.0 Å². The third kappa shape index (κ3) is 3.45. The molecule has 3 rings (SSSR count). The molecule has 1 amide bonds. The van der Waals surface area contributed by atoms with E-state index in [0.717, 1.165) is 24.2 Å². The number of carbonyl (C=O) groups is 1. The number of hydrogen-bond donors (Lipinski definition) is 1. The SMILES string of the molecule is CCn1ccc2cc(CCC(=O)Nc3ccccc3C)ccc21. The number of carbonyl (C=O) groups excluding carboxylic acids is 1. The van der Waals surface area contributed by atoms with E-state index in [0.29, 0.717) is 6.42 Å². The smallest absolute Gasteiger partial charge is 0.224 e. The second-order valence-corrected chi connectivity index (χ2v) is 5.86. The largest absolute Gasteiger partial charge is 0.348 e. The normalized spacial score (nSPS) is 10.9. The highest BCUT2D eigenvalue weighted by molar-refractivity contribution is 5.91. The van der Waals surface area contributed by atoms with Gasteiger partial charge in [-0.25, -0.2) is 0 Å². The van der Waals surface area contributed by atoms with Gasteiger partial charge in [0.1, 0.15) is 0 Å². The first-order valence-electron chi connectivity index (χ1n) is 8.10. The predicted octanol–water partition coefficient (Wildman–Crippen LogP) is 4.54. The molecule has 0 radical (unpaired) electrons. The maximum absolute atomic E-state index is 12.1. The van der Waals surface area contributed by atoms with E-state index in [2.05, 4.69) is 47.3 Å². The summed E-state index contributed by atoms with van der Waals surface area (Å²) in [6.07, 6.45) is 3.36. The molecule has 0 aliphatic carbocycles. The van der Waals surface area contributed by atoms with Gasteiger partial charge in [0.25, 0.3) is 0 Å². The zero-order valence-corrected chi connectivity index (χ0v) is 13.7. The minimum Gasteiger partial charge on any atom is -0.348 e. The standard InChI is InChI=1S/C20H22N2O/c1-3-22-13-12-17-14-16(8-10-19(17)22)9-11-20(23)21-18-7-5-4-6-15(18)2/h4-8,10,12-14H,3,9,11H2,1-2H3,(H,21,23). The molecular weight excluding hydrogens is 284 g/mol. The summed E-state index contributed by atoms with van der Waals surface area (Å²) in [7, 11) is 0. The van der Waals surface area contributed by atoms with Crippen molar-refractivity contribution in [3.63, 3.8) is 0 Å². The van der Waals surface area contributed by atoms with E-state index in [1.165, 1.54) is 16.5 Å². The predicted molar refractivity (Wildman–Crippen MR) is 95.7 cm³/mol. The van der Waals surface area contributed by atoms with Crippen molar-refractivity contribution in [2.45, 2.75) is 33.2 Å². The lowest BCUT2D eigenvalue weighted by atomic mass is 10.1. The van der Waals surface area contributed by atoms with Crippen LogP contribution < -0.4 is 5.32 Å². The van der Waals surface area contributed by atoms with Crippen LogP contribution >= 0.6 is 0 Å². The van der Waals surface area contributed by atoms with Crippen molar-refractivity contribution in [2.75, 3.05) is 5.32 Å². The number of benzene rings is 2. The molecule has 0 spiro atoms. The second-order valence-electron chi connectivity index (χ2n) is 5.86. The summed E-state index contributed by atoms with van der Waals surface area (Å²) in [5.41, 5.74) is 4.43. The Morgan fingerprint density at radius 3 is 2.74 bits per heavy atom. The van der Waals surface area contributed by atoms with Crippen LogP contribution in [0.15, 0.2) is 54.7 Å². The topological polar surface area (TPSA) is 34.0 Å². The maximum atomic E-state index is 12.1. The highest BCUT2D eigenvalue weighted by Gasteiger charge is 2.06. The molecule has 0 aliphatic heterocycles. The summed E-state index contributed by atoms with van der Waals surface area (Å²) < 4.78 is 2.23. The number of amides is 1. The molecule has 0 saturated carbocycles. The van der Waals surface area contributed by atoms with Crippen LogP contribution in [0.1, 0.15) is 24.5 Å². The van der Waals surface area contributed by atoms with E-state index in [1.54, 1.807) is 0 Å². The Balaban J connectivity index is 1.64. The Hall–Kier alpha value is -2.55.